The summed E-state index contributed by atoms with van der Waals surface area (Å²) in [6.45, 7) is 4.61. The van der Waals surface area contributed by atoms with Gasteiger partial charge in [0.05, 0.1) is 0 Å². The molecule has 1 aromatic carbocycles. The maximum absolute atomic E-state index is 13.1. The van der Waals surface area contributed by atoms with Crippen molar-refractivity contribution in [1.82, 2.24) is 4.98 Å². The number of pyridine rings is 1. The lowest BCUT2D eigenvalue weighted by Gasteiger charge is -2.09. The van der Waals surface area contributed by atoms with Crippen LogP contribution in [0.15, 0.2) is 36.7 Å². The second kappa shape index (κ2) is 4.95. The Morgan fingerprint density at radius 3 is 2.76 bits per heavy atom. The lowest BCUT2D eigenvalue weighted by molar-refractivity contribution is 0.628. The molecule has 0 aliphatic carbocycles. The van der Waals surface area contributed by atoms with Gasteiger partial charge in [0.15, 0.2) is 0 Å². The van der Waals surface area contributed by atoms with E-state index in [2.05, 4.69) is 16.4 Å². The Balaban J connectivity index is 2.09. The molecular formula is C14H15FN2. The first kappa shape index (κ1) is 11.6. The van der Waals surface area contributed by atoms with Crippen LogP contribution in [0, 0.1) is 19.7 Å². The van der Waals surface area contributed by atoms with Crippen molar-refractivity contribution in [2.75, 3.05) is 5.32 Å². The van der Waals surface area contributed by atoms with Crippen molar-refractivity contribution in [3.8, 4) is 0 Å². The Hall–Kier alpha value is -1.90. The summed E-state index contributed by atoms with van der Waals surface area (Å²) in [6, 6.07) is 6.81. The first-order chi connectivity index (χ1) is 8.15. The molecule has 0 aliphatic heterocycles. The molecule has 1 heterocycles. The van der Waals surface area contributed by atoms with Crippen molar-refractivity contribution < 1.29 is 4.39 Å². The van der Waals surface area contributed by atoms with Gasteiger partial charge >= 0.3 is 0 Å². The van der Waals surface area contributed by atoms with Gasteiger partial charge in [-0.05, 0) is 42.7 Å². The minimum Gasteiger partial charge on any atom is -0.381 e. The van der Waals surface area contributed by atoms with Crippen LogP contribution in [-0.2, 0) is 6.54 Å². The van der Waals surface area contributed by atoms with Gasteiger partial charge in [0.2, 0.25) is 0 Å². The van der Waals surface area contributed by atoms with Gasteiger partial charge in [-0.25, -0.2) is 4.39 Å². The van der Waals surface area contributed by atoms with E-state index in [1.165, 1.54) is 12.1 Å². The molecule has 0 radical (unpaired) electrons. The van der Waals surface area contributed by atoms with E-state index in [0.717, 1.165) is 22.4 Å². The average Bonchev–Trinajstić information content (AvgIpc) is 2.30. The van der Waals surface area contributed by atoms with E-state index in [-0.39, 0.29) is 5.82 Å². The number of rotatable bonds is 3. The van der Waals surface area contributed by atoms with Crippen molar-refractivity contribution in [3.05, 3.63) is 59.2 Å². The molecule has 0 unspecified atom stereocenters. The molecule has 0 saturated heterocycles. The highest BCUT2D eigenvalue weighted by Gasteiger charge is 2.00. The van der Waals surface area contributed by atoms with Crippen LogP contribution >= 0.6 is 0 Å². The van der Waals surface area contributed by atoms with E-state index in [0.29, 0.717) is 6.54 Å². The van der Waals surface area contributed by atoms with E-state index < -0.39 is 0 Å². The van der Waals surface area contributed by atoms with Crippen molar-refractivity contribution in [2.24, 2.45) is 0 Å². The summed E-state index contributed by atoms with van der Waals surface area (Å²) in [7, 11) is 0. The smallest absolute Gasteiger partial charge is 0.125 e. The summed E-state index contributed by atoms with van der Waals surface area (Å²) in [4.78, 5) is 4.12. The molecule has 2 aromatic rings. The third-order valence-corrected chi connectivity index (χ3v) is 2.61. The molecule has 0 aliphatic rings. The van der Waals surface area contributed by atoms with E-state index in [1.807, 2.05) is 26.2 Å². The zero-order valence-electron chi connectivity index (χ0n) is 10.00. The van der Waals surface area contributed by atoms with Crippen LogP contribution in [0.3, 0.4) is 0 Å². The van der Waals surface area contributed by atoms with Gasteiger partial charge in [0.1, 0.15) is 5.82 Å². The molecule has 2 rings (SSSR count). The third-order valence-electron chi connectivity index (χ3n) is 2.61. The fourth-order valence-electron chi connectivity index (χ4n) is 1.70. The molecule has 0 bridgehead atoms. The molecule has 0 fully saturated rings. The van der Waals surface area contributed by atoms with Gasteiger partial charge in [-0.2, -0.15) is 0 Å². The van der Waals surface area contributed by atoms with Crippen LogP contribution < -0.4 is 5.32 Å². The van der Waals surface area contributed by atoms with Gasteiger partial charge in [0, 0.05) is 24.6 Å². The van der Waals surface area contributed by atoms with E-state index in [9.17, 15) is 4.39 Å². The first-order valence-electron chi connectivity index (χ1n) is 5.56. The molecule has 0 atom stereocenters. The highest BCUT2D eigenvalue weighted by Crippen LogP contribution is 2.17. The number of nitrogens with zero attached hydrogens (tertiary/aromatic N) is 1. The predicted molar refractivity (Wildman–Crippen MR) is 67.4 cm³/mol. The van der Waals surface area contributed by atoms with Crippen LogP contribution in [0.4, 0.5) is 10.1 Å². The molecule has 1 N–H and O–H groups in total. The van der Waals surface area contributed by atoms with Crippen LogP contribution in [0.5, 0.6) is 0 Å². The monoisotopic (exact) mass is 230 g/mol. The standard InChI is InChI=1S/C14H15FN2/c1-10-5-12(8-16-7-10)9-17-14-6-13(15)4-3-11(14)2/h3-8,17H,9H2,1-2H3. The topological polar surface area (TPSA) is 24.9 Å². The van der Waals surface area contributed by atoms with Crippen molar-refractivity contribution in [2.45, 2.75) is 20.4 Å². The molecule has 17 heavy (non-hydrogen) atoms. The molecule has 88 valence electrons. The largest absolute Gasteiger partial charge is 0.381 e. The van der Waals surface area contributed by atoms with Crippen LogP contribution in [0.1, 0.15) is 16.7 Å². The Bertz CT molecular complexity index is 523. The van der Waals surface area contributed by atoms with E-state index in [1.54, 1.807) is 6.07 Å². The summed E-state index contributed by atoms with van der Waals surface area (Å²) in [5.74, 6) is -0.222. The quantitative estimate of drug-likeness (QED) is 0.873. The van der Waals surface area contributed by atoms with E-state index in [4.69, 9.17) is 0 Å². The lowest BCUT2D eigenvalue weighted by atomic mass is 10.1. The molecule has 2 nitrogen and oxygen atoms in total. The number of hydrogen-bond donors (Lipinski definition) is 1. The van der Waals surface area contributed by atoms with Crippen molar-refractivity contribution in [1.29, 1.82) is 0 Å². The molecule has 3 heteroatoms. The highest BCUT2D eigenvalue weighted by atomic mass is 19.1. The normalized spacial score (nSPS) is 10.3. The highest BCUT2D eigenvalue weighted by molar-refractivity contribution is 5.50. The predicted octanol–water partition coefficient (Wildman–Crippen LogP) is 3.45. The molecule has 0 saturated carbocycles. The lowest BCUT2D eigenvalue weighted by Crippen LogP contribution is -2.02. The fraction of sp³-hybridized carbons (Fsp3) is 0.214. The Morgan fingerprint density at radius 1 is 1.18 bits per heavy atom. The number of benzene rings is 1. The average molecular weight is 230 g/mol. The molecule has 1 aromatic heterocycles. The summed E-state index contributed by atoms with van der Waals surface area (Å²) < 4.78 is 13.1. The summed E-state index contributed by atoms with van der Waals surface area (Å²) in [5, 5.41) is 3.22. The van der Waals surface area contributed by atoms with Crippen molar-refractivity contribution >= 4 is 5.69 Å². The SMILES string of the molecule is Cc1cncc(CNc2cc(F)ccc2C)c1. The maximum atomic E-state index is 13.1. The summed E-state index contributed by atoms with van der Waals surface area (Å²) in [5.41, 5.74) is 4.08. The molecular weight excluding hydrogens is 215 g/mol. The fourth-order valence-corrected chi connectivity index (χ4v) is 1.70. The zero-order chi connectivity index (χ0) is 12.3. The van der Waals surface area contributed by atoms with Gasteiger partial charge in [-0.3, -0.25) is 4.98 Å². The Kier molecular flexibility index (Phi) is 3.38. The number of hydrogen-bond acceptors (Lipinski definition) is 2. The van der Waals surface area contributed by atoms with Crippen LogP contribution in [-0.4, -0.2) is 4.98 Å². The van der Waals surface area contributed by atoms with Gasteiger partial charge in [0.25, 0.3) is 0 Å². The first-order valence-corrected chi connectivity index (χ1v) is 5.56. The summed E-state index contributed by atoms with van der Waals surface area (Å²) in [6.07, 6.45) is 3.63. The van der Waals surface area contributed by atoms with Gasteiger partial charge in [-0.1, -0.05) is 12.1 Å². The molecule has 0 amide bonds. The van der Waals surface area contributed by atoms with Crippen LogP contribution in [0.2, 0.25) is 0 Å². The Morgan fingerprint density at radius 2 is 2.00 bits per heavy atom. The van der Waals surface area contributed by atoms with Crippen molar-refractivity contribution in [3.63, 3.8) is 0 Å². The zero-order valence-corrected chi connectivity index (χ0v) is 10.00. The third kappa shape index (κ3) is 3.03. The molecule has 0 spiro atoms. The summed E-state index contributed by atoms with van der Waals surface area (Å²) >= 11 is 0. The minimum absolute atomic E-state index is 0.222. The van der Waals surface area contributed by atoms with Gasteiger partial charge < -0.3 is 5.32 Å². The minimum atomic E-state index is -0.222. The second-order valence-electron chi connectivity index (χ2n) is 4.18. The number of aryl methyl sites for hydroxylation is 2. The number of aromatic nitrogens is 1. The number of halogens is 1. The second-order valence-corrected chi connectivity index (χ2v) is 4.18. The van der Waals surface area contributed by atoms with Crippen LogP contribution in [0.25, 0.3) is 0 Å². The maximum Gasteiger partial charge on any atom is 0.125 e. The van der Waals surface area contributed by atoms with E-state index >= 15 is 0 Å². The van der Waals surface area contributed by atoms with Gasteiger partial charge in [-0.15, -0.1) is 0 Å². The number of nitrogens with one attached hydrogen (secondary N) is 1. The Labute approximate surface area is 101 Å². The number of anilines is 1.